The molecule has 6 heteroatoms. The molecule has 2 amide bonds. The van der Waals surface area contributed by atoms with Crippen molar-refractivity contribution in [1.29, 1.82) is 0 Å². The molecule has 0 radical (unpaired) electrons. The van der Waals surface area contributed by atoms with E-state index < -0.39 is 11.9 Å². The molecule has 1 aromatic rings. The Morgan fingerprint density at radius 1 is 0.786 bits per heavy atom. The van der Waals surface area contributed by atoms with E-state index in [2.05, 4.69) is 17.6 Å². The Labute approximate surface area is 168 Å². The van der Waals surface area contributed by atoms with E-state index in [9.17, 15) is 14.4 Å². The van der Waals surface area contributed by atoms with Crippen LogP contribution in [0.1, 0.15) is 87.1 Å². The highest BCUT2D eigenvalue weighted by atomic mass is 16.4. The molecule has 0 aliphatic carbocycles. The Bertz CT molecular complexity index is 599. The van der Waals surface area contributed by atoms with Crippen LogP contribution >= 0.6 is 0 Å². The van der Waals surface area contributed by atoms with Gasteiger partial charge in [-0.1, -0.05) is 76.8 Å². The van der Waals surface area contributed by atoms with Crippen molar-refractivity contribution in [1.82, 2.24) is 10.6 Å². The lowest BCUT2D eigenvalue weighted by Gasteiger charge is -2.07. The van der Waals surface area contributed by atoms with Crippen molar-refractivity contribution in [2.75, 3.05) is 6.54 Å². The van der Waals surface area contributed by atoms with E-state index in [1.54, 1.807) is 24.3 Å². The summed E-state index contributed by atoms with van der Waals surface area (Å²) in [6.45, 7) is 3.02. The Balaban J connectivity index is 2.10. The molecule has 3 N–H and O–H groups in total. The number of rotatable bonds is 14. The number of hydrogen-bond donors (Lipinski definition) is 3. The minimum absolute atomic E-state index is 0.114. The summed E-state index contributed by atoms with van der Waals surface area (Å²) >= 11 is 0. The molecule has 0 atom stereocenters. The quantitative estimate of drug-likeness (QED) is 0.330. The van der Waals surface area contributed by atoms with Crippen molar-refractivity contribution in [3.05, 3.63) is 35.4 Å². The second-order valence-corrected chi connectivity index (χ2v) is 7.12. The van der Waals surface area contributed by atoms with Crippen molar-refractivity contribution in [2.45, 2.75) is 77.7 Å². The monoisotopic (exact) mass is 390 g/mol. The molecule has 156 valence electrons. The smallest absolute Gasteiger partial charge is 0.394 e. The minimum atomic E-state index is -1.51. The SMILES string of the molecule is CCCCCCCCCCCCNC(=O)c1ccc(CNC(=O)C(=O)O)cc1. The van der Waals surface area contributed by atoms with Crippen LogP contribution in [0.5, 0.6) is 0 Å². The molecule has 0 bridgehead atoms. The van der Waals surface area contributed by atoms with Gasteiger partial charge in [0, 0.05) is 18.7 Å². The van der Waals surface area contributed by atoms with E-state index in [0.29, 0.717) is 12.1 Å². The van der Waals surface area contributed by atoms with Gasteiger partial charge >= 0.3 is 11.9 Å². The second-order valence-electron chi connectivity index (χ2n) is 7.12. The summed E-state index contributed by atoms with van der Waals surface area (Å²) in [5.41, 5.74) is 1.29. The fourth-order valence-electron chi connectivity index (χ4n) is 2.95. The maximum atomic E-state index is 12.1. The number of amides is 2. The Morgan fingerprint density at radius 3 is 1.86 bits per heavy atom. The van der Waals surface area contributed by atoms with Crippen molar-refractivity contribution >= 4 is 17.8 Å². The predicted octanol–water partition coefficient (Wildman–Crippen LogP) is 4.04. The van der Waals surface area contributed by atoms with E-state index in [4.69, 9.17) is 5.11 Å². The van der Waals surface area contributed by atoms with Gasteiger partial charge in [0.05, 0.1) is 0 Å². The summed E-state index contributed by atoms with van der Waals surface area (Å²) in [7, 11) is 0. The van der Waals surface area contributed by atoms with Gasteiger partial charge in [-0.3, -0.25) is 9.59 Å². The average molecular weight is 391 g/mol. The lowest BCUT2D eigenvalue weighted by atomic mass is 10.1. The predicted molar refractivity (Wildman–Crippen MR) is 110 cm³/mol. The molecule has 0 aliphatic heterocycles. The van der Waals surface area contributed by atoms with E-state index >= 15 is 0 Å². The number of unbranched alkanes of at least 4 members (excludes halogenated alkanes) is 9. The topological polar surface area (TPSA) is 95.5 Å². The third-order valence-electron chi connectivity index (χ3n) is 4.68. The first-order valence-electron chi connectivity index (χ1n) is 10.4. The fourth-order valence-corrected chi connectivity index (χ4v) is 2.95. The third kappa shape index (κ3) is 10.7. The van der Waals surface area contributed by atoms with Crippen LogP contribution in [0.2, 0.25) is 0 Å². The highest BCUT2D eigenvalue weighted by Crippen LogP contribution is 2.10. The molecule has 0 spiro atoms. The van der Waals surface area contributed by atoms with Gasteiger partial charge in [0.1, 0.15) is 0 Å². The largest absolute Gasteiger partial charge is 0.474 e. The lowest BCUT2D eigenvalue weighted by Crippen LogP contribution is -2.30. The zero-order chi connectivity index (χ0) is 20.6. The second kappa shape index (κ2) is 14.7. The Kier molecular flexibility index (Phi) is 12.4. The standard InChI is InChI=1S/C22H34N2O4/c1-2-3-4-5-6-7-8-9-10-11-16-23-20(25)19-14-12-18(13-15-19)17-24-21(26)22(27)28/h12-15H,2-11,16-17H2,1H3,(H,23,25)(H,24,26)(H,27,28). The van der Waals surface area contributed by atoms with Gasteiger partial charge in [0.2, 0.25) is 0 Å². The molecule has 0 heterocycles. The van der Waals surface area contributed by atoms with Gasteiger partial charge in [-0.15, -0.1) is 0 Å². The number of hydrogen-bond acceptors (Lipinski definition) is 3. The summed E-state index contributed by atoms with van der Waals surface area (Å²) in [5, 5.41) is 13.7. The van der Waals surface area contributed by atoms with Crippen molar-refractivity contribution in [3.63, 3.8) is 0 Å². The maximum Gasteiger partial charge on any atom is 0.394 e. The normalized spacial score (nSPS) is 10.5. The highest BCUT2D eigenvalue weighted by Gasteiger charge is 2.10. The summed E-state index contributed by atoms with van der Waals surface area (Å²) in [4.78, 5) is 33.6. The van der Waals surface area contributed by atoms with Crippen molar-refractivity contribution < 1.29 is 19.5 Å². The van der Waals surface area contributed by atoms with E-state index in [1.807, 2.05) is 0 Å². The first-order valence-corrected chi connectivity index (χ1v) is 10.4. The Hall–Kier alpha value is -2.37. The maximum absolute atomic E-state index is 12.1. The van der Waals surface area contributed by atoms with Crippen molar-refractivity contribution in [2.24, 2.45) is 0 Å². The summed E-state index contributed by atoms with van der Waals surface area (Å²) in [5.74, 6) is -2.67. The van der Waals surface area contributed by atoms with Crippen LogP contribution in [-0.4, -0.2) is 29.4 Å². The molecule has 6 nitrogen and oxygen atoms in total. The first-order chi connectivity index (χ1) is 13.5. The van der Waals surface area contributed by atoms with Gasteiger partial charge in [0.15, 0.2) is 0 Å². The van der Waals surface area contributed by atoms with Crippen molar-refractivity contribution in [3.8, 4) is 0 Å². The third-order valence-corrected chi connectivity index (χ3v) is 4.68. The number of carbonyl (C=O) groups excluding carboxylic acids is 2. The molecule has 0 aromatic heterocycles. The lowest BCUT2D eigenvalue weighted by molar-refractivity contribution is -0.150. The molecule has 0 saturated heterocycles. The summed E-state index contributed by atoms with van der Waals surface area (Å²) < 4.78 is 0. The molecule has 1 aromatic carbocycles. The Morgan fingerprint density at radius 2 is 1.32 bits per heavy atom. The van der Waals surface area contributed by atoms with E-state index in [-0.39, 0.29) is 12.5 Å². The summed E-state index contributed by atoms with van der Waals surface area (Å²) in [6, 6.07) is 6.77. The average Bonchev–Trinajstić information content (AvgIpc) is 2.70. The van der Waals surface area contributed by atoms with Crippen LogP contribution in [0.4, 0.5) is 0 Å². The number of benzene rings is 1. The number of carboxylic acid groups (broad SMARTS) is 1. The van der Waals surface area contributed by atoms with Gasteiger partial charge in [-0.2, -0.15) is 0 Å². The first kappa shape index (κ1) is 23.7. The summed E-state index contributed by atoms with van der Waals surface area (Å²) in [6.07, 6.45) is 12.6. The van der Waals surface area contributed by atoms with Gasteiger partial charge in [-0.25, -0.2) is 4.79 Å². The zero-order valence-corrected chi connectivity index (χ0v) is 17.0. The number of carbonyl (C=O) groups is 3. The zero-order valence-electron chi connectivity index (χ0n) is 17.0. The van der Waals surface area contributed by atoms with Gasteiger partial charge < -0.3 is 15.7 Å². The van der Waals surface area contributed by atoms with Crippen LogP contribution in [-0.2, 0) is 16.1 Å². The van der Waals surface area contributed by atoms with Gasteiger partial charge in [-0.05, 0) is 24.1 Å². The van der Waals surface area contributed by atoms with Crippen LogP contribution in [0.3, 0.4) is 0 Å². The van der Waals surface area contributed by atoms with Crippen LogP contribution in [0, 0.1) is 0 Å². The number of aliphatic carboxylic acids is 1. The molecular weight excluding hydrogens is 356 g/mol. The van der Waals surface area contributed by atoms with Crippen LogP contribution in [0.15, 0.2) is 24.3 Å². The molecule has 0 saturated carbocycles. The van der Waals surface area contributed by atoms with Gasteiger partial charge in [0.25, 0.3) is 5.91 Å². The molecule has 0 aliphatic rings. The molecular formula is C22H34N2O4. The van der Waals surface area contributed by atoms with E-state index in [1.165, 1.54) is 51.4 Å². The fraction of sp³-hybridized carbons (Fsp3) is 0.591. The molecule has 0 unspecified atom stereocenters. The molecule has 0 fully saturated rings. The molecule has 1 rings (SSSR count). The highest BCUT2D eigenvalue weighted by molar-refractivity contribution is 6.31. The van der Waals surface area contributed by atoms with Crippen LogP contribution in [0.25, 0.3) is 0 Å². The van der Waals surface area contributed by atoms with Crippen LogP contribution < -0.4 is 10.6 Å². The molecule has 28 heavy (non-hydrogen) atoms. The number of nitrogens with one attached hydrogen (secondary N) is 2. The minimum Gasteiger partial charge on any atom is -0.474 e. The van der Waals surface area contributed by atoms with E-state index in [0.717, 1.165) is 18.4 Å². The number of carboxylic acids is 1.